The van der Waals surface area contributed by atoms with E-state index in [0.717, 1.165) is 38.5 Å². The zero-order valence-electron chi connectivity index (χ0n) is 37.9. The van der Waals surface area contributed by atoms with Crippen LogP contribution in [0.4, 0.5) is 0 Å². The van der Waals surface area contributed by atoms with E-state index in [-0.39, 0.29) is 176 Å². The molecule has 0 aromatic heterocycles. The second-order valence-corrected chi connectivity index (χ2v) is 30.9. The Kier molecular flexibility index (Phi) is 27.2. The van der Waals surface area contributed by atoms with Crippen LogP contribution in [0.25, 0.3) is 0 Å². The molecule has 0 saturated heterocycles. The smallest absolute Gasteiger partial charge is 0.748 e. The number of hydrogen-bond acceptors (Lipinski definition) is 14. The zero-order valence-corrected chi connectivity index (χ0v) is 50.9. The van der Waals surface area contributed by atoms with Gasteiger partial charge >= 0.3 is 118 Å². The van der Waals surface area contributed by atoms with Gasteiger partial charge in [-0.2, -0.15) is 0 Å². The van der Waals surface area contributed by atoms with Gasteiger partial charge in [0.1, 0.15) is 0 Å². The Morgan fingerprint density at radius 2 is 0.565 bits per heavy atom. The van der Waals surface area contributed by atoms with Crippen LogP contribution in [0.3, 0.4) is 0 Å². The van der Waals surface area contributed by atoms with Gasteiger partial charge in [0.15, 0.2) is 0 Å². The summed E-state index contributed by atoms with van der Waals surface area (Å²) in [5.41, 5.74) is 1.01. The van der Waals surface area contributed by atoms with Gasteiger partial charge in [0.05, 0.1) is 52.7 Å². The van der Waals surface area contributed by atoms with Crippen LogP contribution in [-0.2, 0) is 49.9 Å². The monoisotopic (exact) mass is 1030 g/mol. The molecule has 0 N–H and O–H groups in total. The molecule has 6 atom stereocenters. The third-order valence-electron chi connectivity index (χ3n) is 15.4. The van der Waals surface area contributed by atoms with Crippen LogP contribution >= 0.6 is 15.8 Å². The summed E-state index contributed by atoms with van der Waals surface area (Å²) in [6.45, 7) is 0. The fraction of sp³-hybridized carbons (Fsp3) is 1.00. The Labute approximate surface area is 464 Å². The van der Waals surface area contributed by atoms with Gasteiger partial charge in [-0.15, -0.1) is 0 Å². The van der Waals surface area contributed by atoms with E-state index in [4.69, 9.17) is 9.47 Å². The summed E-state index contributed by atoms with van der Waals surface area (Å²) in [5.74, 6) is 0.0903. The molecule has 14 nitrogen and oxygen atoms in total. The normalized spacial score (nSPS) is 38.7. The van der Waals surface area contributed by atoms with Crippen molar-refractivity contribution in [3.63, 3.8) is 0 Å². The molecule has 0 aliphatic heterocycles. The number of hydrogen-bond donors (Lipinski definition) is 0. The van der Waals surface area contributed by atoms with E-state index in [2.05, 4.69) is 0 Å². The van der Waals surface area contributed by atoms with E-state index in [1.54, 1.807) is 14.2 Å². The molecule has 6 unspecified atom stereocenters. The van der Waals surface area contributed by atoms with Crippen LogP contribution < -0.4 is 118 Å². The molecule has 24 heteroatoms. The van der Waals surface area contributed by atoms with Crippen molar-refractivity contribution in [2.24, 2.45) is 11.8 Å². The average molecular weight is 1030 g/mol. The molecule has 6 aliphatic carbocycles. The average Bonchev–Trinajstić information content (AvgIpc) is 3.17. The molecule has 6 rings (SSSR count). The molecule has 6 aliphatic rings. The Morgan fingerprint density at radius 1 is 0.355 bits per heavy atom. The van der Waals surface area contributed by atoms with Crippen molar-refractivity contribution in [3.8, 4) is 0 Å². The van der Waals surface area contributed by atoms with Gasteiger partial charge < -0.3 is 27.7 Å². The van der Waals surface area contributed by atoms with Crippen molar-refractivity contribution in [2.45, 2.75) is 208 Å². The Bertz CT molecular complexity index is 1590. The first kappa shape index (κ1) is 62.5. The number of methoxy groups -OCH3 is 2. The van der Waals surface area contributed by atoms with Gasteiger partial charge in [-0.25, -0.2) is 33.7 Å². The summed E-state index contributed by atoms with van der Waals surface area (Å²) < 4.78 is 159. The Hall–Kier alpha value is 4.42. The summed E-state index contributed by atoms with van der Waals surface area (Å²) >= 11 is 0. The molecule has 338 valence electrons. The Balaban J connectivity index is 0.00000331. The van der Waals surface area contributed by atoms with Crippen LogP contribution in [0.5, 0.6) is 0 Å². The molecular weight excluding hydrogens is 963 g/mol. The second kappa shape index (κ2) is 26.9. The van der Waals surface area contributed by atoms with E-state index in [9.17, 15) is 51.9 Å². The van der Waals surface area contributed by atoms with E-state index < -0.39 is 77.3 Å². The van der Waals surface area contributed by atoms with E-state index in [0.29, 0.717) is 103 Å². The van der Waals surface area contributed by atoms with Crippen molar-refractivity contribution in [3.05, 3.63) is 0 Å². The molecule has 0 heterocycles. The molecule has 0 radical (unpaired) electrons. The maximum absolute atomic E-state index is 12.1. The van der Waals surface area contributed by atoms with Crippen molar-refractivity contribution < 1.29 is 180 Å². The predicted octanol–water partition coefficient (Wildman–Crippen LogP) is -6.24. The minimum atomic E-state index is -4.44. The van der Waals surface area contributed by atoms with Gasteiger partial charge in [0, 0.05) is 35.2 Å². The summed E-state index contributed by atoms with van der Waals surface area (Å²) in [6, 6.07) is 0. The SMILES string of the molecule is COC1CCCC(P(C2CCC(S(=O)(=O)[O-])CC2)C2CCC(S(=O)(=O)[O-])CC2)C1C1C(OC)CCCC1P(C1CCC(S(=O)(=O)[O-])CC1)C1CCC(S(=O)(=O)[O-])CC1.[Na+].[Na+].[Na+].[Na+]. The van der Waals surface area contributed by atoms with Crippen molar-refractivity contribution in [1.82, 2.24) is 0 Å². The second-order valence-electron chi connectivity index (χ2n) is 18.3. The van der Waals surface area contributed by atoms with Gasteiger partial charge in [-0.3, -0.25) is 0 Å². The molecule has 0 bridgehead atoms. The Morgan fingerprint density at radius 3 is 0.742 bits per heavy atom. The van der Waals surface area contributed by atoms with E-state index in [1.165, 1.54) is 0 Å². The summed E-state index contributed by atoms with van der Waals surface area (Å²) in [5, 5.41) is -3.67. The fourth-order valence-corrected chi connectivity index (χ4v) is 25.7. The predicted molar refractivity (Wildman–Crippen MR) is 221 cm³/mol. The van der Waals surface area contributed by atoms with Crippen LogP contribution in [0.15, 0.2) is 0 Å². The van der Waals surface area contributed by atoms with Gasteiger partial charge in [-0.05, 0) is 174 Å². The van der Waals surface area contributed by atoms with Crippen molar-refractivity contribution in [2.75, 3.05) is 14.2 Å². The third-order valence-corrected chi connectivity index (χ3v) is 28.8. The molecule has 0 spiro atoms. The van der Waals surface area contributed by atoms with Gasteiger partial charge in [0.25, 0.3) is 0 Å². The number of ether oxygens (including phenoxy) is 2. The standard InChI is InChI=1S/C38H68O14P2S4.4Na/c1-51-33-5-3-7-35(53(25-9-17-29(18-10-25)55(39,40)41)26-11-19-30(20-12-26)56(42,43)44)37(33)38-34(52-2)6-4-8-36(38)54(27-13-21-31(22-14-27)57(45,46)47)28-15-23-32(24-16-28)58(48,49)50;;;;/h25-38H,3-24H2,1-2H3,(H,39,40,41)(H,42,43,44)(H,45,46,47)(H,48,49,50);;;;/q;4*+1/p-4. The van der Waals surface area contributed by atoms with Gasteiger partial charge in [-0.1, -0.05) is 28.7 Å². The summed E-state index contributed by atoms with van der Waals surface area (Å²) in [7, 11) is -16.0. The van der Waals surface area contributed by atoms with Crippen molar-refractivity contribution >= 4 is 56.3 Å². The van der Waals surface area contributed by atoms with Crippen LogP contribution in [0.2, 0.25) is 0 Å². The molecular formula is C38H64Na4O14P2S4. The zero-order chi connectivity index (χ0) is 42.2. The molecule has 6 fully saturated rings. The maximum atomic E-state index is 12.1. The fourth-order valence-electron chi connectivity index (χ4n) is 12.8. The maximum Gasteiger partial charge on any atom is 1.00 e. The first-order valence-corrected chi connectivity index (χ1v) is 30.6. The molecule has 62 heavy (non-hydrogen) atoms. The van der Waals surface area contributed by atoms with Gasteiger partial charge in [0.2, 0.25) is 0 Å². The summed E-state index contributed by atoms with van der Waals surface area (Å²) in [4.78, 5) is 0. The topological polar surface area (TPSA) is 247 Å². The molecule has 0 amide bonds. The van der Waals surface area contributed by atoms with Crippen molar-refractivity contribution in [1.29, 1.82) is 0 Å². The summed E-state index contributed by atoms with van der Waals surface area (Å²) in [6.07, 6.45) is 12.4. The molecule has 0 aromatic rings. The third kappa shape index (κ3) is 15.7. The largest absolute Gasteiger partial charge is 1.00 e. The van der Waals surface area contributed by atoms with Crippen LogP contribution in [0.1, 0.15) is 141 Å². The molecule has 6 saturated carbocycles. The first-order chi connectivity index (χ1) is 27.2. The quantitative estimate of drug-likeness (QED) is 0.0947. The first-order valence-electron chi connectivity index (χ1n) is 21.6. The number of rotatable bonds is 13. The minimum Gasteiger partial charge on any atom is -0.748 e. The van der Waals surface area contributed by atoms with E-state index in [1.807, 2.05) is 0 Å². The van der Waals surface area contributed by atoms with Crippen LogP contribution in [-0.4, -0.2) is 133 Å². The minimum absolute atomic E-state index is 0. The van der Waals surface area contributed by atoms with Crippen LogP contribution in [0, 0.1) is 11.8 Å². The molecule has 0 aromatic carbocycles. The van der Waals surface area contributed by atoms with E-state index >= 15 is 0 Å².